The van der Waals surface area contributed by atoms with E-state index in [9.17, 15) is 4.79 Å². The summed E-state index contributed by atoms with van der Waals surface area (Å²) >= 11 is 0. The Bertz CT molecular complexity index is 459. The molecule has 5 heteroatoms. The van der Waals surface area contributed by atoms with Gasteiger partial charge in [0.05, 0.1) is 18.3 Å². The van der Waals surface area contributed by atoms with Crippen LogP contribution in [-0.4, -0.2) is 52.9 Å². The molecule has 102 valence electrons. The van der Waals surface area contributed by atoms with E-state index in [-0.39, 0.29) is 5.91 Å². The fraction of sp³-hybridized carbons (Fsp3) is 0.571. The number of amides is 1. The molecule has 0 spiro atoms. The molecule has 2 aliphatic rings. The second-order valence-corrected chi connectivity index (χ2v) is 5.43. The van der Waals surface area contributed by atoms with Crippen LogP contribution in [0.15, 0.2) is 18.3 Å². The number of carbonyl (C=O) groups is 1. The molecule has 0 radical (unpaired) electrons. The fourth-order valence-corrected chi connectivity index (χ4v) is 3.02. The number of aromatic nitrogens is 1. The van der Waals surface area contributed by atoms with Crippen LogP contribution >= 0.6 is 0 Å². The quantitative estimate of drug-likeness (QED) is 0.842. The molecule has 3 heterocycles. The van der Waals surface area contributed by atoms with E-state index in [2.05, 4.69) is 9.88 Å². The van der Waals surface area contributed by atoms with Crippen molar-refractivity contribution in [2.24, 2.45) is 0 Å². The van der Waals surface area contributed by atoms with E-state index in [1.165, 1.54) is 19.4 Å². The highest BCUT2D eigenvalue weighted by Crippen LogP contribution is 2.21. The smallest absolute Gasteiger partial charge is 0.228 e. The second kappa shape index (κ2) is 5.17. The molecular formula is C14H20N4O. The van der Waals surface area contributed by atoms with E-state index in [0.29, 0.717) is 18.2 Å². The number of nitrogen functional groups attached to an aromatic ring is 1. The number of hydrogen-bond acceptors (Lipinski definition) is 4. The Morgan fingerprint density at radius 3 is 3.05 bits per heavy atom. The highest BCUT2D eigenvalue weighted by atomic mass is 16.2. The SMILES string of the molecule is Nc1ccc(CC(=O)N2CCN3CCCC3C2)nc1. The third kappa shape index (κ3) is 2.71. The molecule has 0 aromatic carbocycles. The number of nitrogens with zero attached hydrogens (tertiary/aromatic N) is 3. The minimum Gasteiger partial charge on any atom is -0.397 e. The maximum Gasteiger partial charge on any atom is 0.228 e. The minimum absolute atomic E-state index is 0.184. The van der Waals surface area contributed by atoms with Crippen LogP contribution in [0.1, 0.15) is 18.5 Å². The Morgan fingerprint density at radius 2 is 2.26 bits per heavy atom. The number of pyridine rings is 1. The minimum atomic E-state index is 0.184. The van der Waals surface area contributed by atoms with Gasteiger partial charge in [0.15, 0.2) is 0 Å². The van der Waals surface area contributed by atoms with E-state index in [0.717, 1.165) is 25.3 Å². The molecule has 0 saturated carbocycles. The van der Waals surface area contributed by atoms with Crippen molar-refractivity contribution >= 4 is 11.6 Å². The van der Waals surface area contributed by atoms with Gasteiger partial charge in [0.25, 0.3) is 0 Å². The first-order valence-electron chi connectivity index (χ1n) is 6.94. The number of piperazine rings is 1. The predicted octanol–water partition coefficient (Wildman–Crippen LogP) is 0.513. The Labute approximate surface area is 113 Å². The maximum atomic E-state index is 12.3. The van der Waals surface area contributed by atoms with Gasteiger partial charge in [-0.05, 0) is 31.5 Å². The normalized spacial score (nSPS) is 23.4. The zero-order chi connectivity index (χ0) is 13.2. The van der Waals surface area contributed by atoms with Crippen molar-refractivity contribution < 1.29 is 4.79 Å². The van der Waals surface area contributed by atoms with Gasteiger partial charge < -0.3 is 10.6 Å². The molecule has 1 aromatic rings. The van der Waals surface area contributed by atoms with E-state index in [1.807, 2.05) is 11.0 Å². The molecule has 2 aliphatic heterocycles. The Balaban J connectivity index is 1.59. The summed E-state index contributed by atoms with van der Waals surface area (Å²) in [4.78, 5) is 21.0. The van der Waals surface area contributed by atoms with Crippen LogP contribution in [0.2, 0.25) is 0 Å². The first kappa shape index (κ1) is 12.4. The molecule has 5 nitrogen and oxygen atoms in total. The van der Waals surface area contributed by atoms with E-state index in [4.69, 9.17) is 5.73 Å². The maximum absolute atomic E-state index is 12.3. The zero-order valence-corrected chi connectivity index (χ0v) is 11.1. The average molecular weight is 260 g/mol. The standard InChI is InChI=1S/C14H20N4O/c15-11-3-4-12(16-9-11)8-14(19)18-7-6-17-5-1-2-13(17)10-18/h3-4,9,13H,1-2,5-8,10,15H2. The molecule has 1 aromatic heterocycles. The van der Waals surface area contributed by atoms with Crippen molar-refractivity contribution in [3.8, 4) is 0 Å². The van der Waals surface area contributed by atoms with Crippen LogP contribution < -0.4 is 5.73 Å². The van der Waals surface area contributed by atoms with Crippen LogP contribution in [0.3, 0.4) is 0 Å². The molecule has 3 rings (SSSR count). The molecule has 0 aliphatic carbocycles. The monoisotopic (exact) mass is 260 g/mol. The highest BCUT2D eigenvalue weighted by molar-refractivity contribution is 5.78. The summed E-state index contributed by atoms with van der Waals surface area (Å²) in [5.74, 6) is 0.184. The van der Waals surface area contributed by atoms with Gasteiger partial charge >= 0.3 is 0 Å². The first-order valence-corrected chi connectivity index (χ1v) is 6.94. The number of carbonyl (C=O) groups excluding carboxylic acids is 1. The lowest BCUT2D eigenvalue weighted by molar-refractivity contribution is -0.133. The molecule has 19 heavy (non-hydrogen) atoms. The van der Waals surface area contributed by atoms with Crippen molar-refractivity contribution in [2.45, 2.75) is 25.3 Å². The van der Waals surface area contributed by atoms with Gasteiger partial charge in [0, 0.05) is 31.4 Å². The lowest BCUT2D eigenvalue weighted by Gasteiger charge is -2.37. The van der Waals surface area contributed by atoms with Crippen LogP contribution in [0, 0.1) is 0 Å². The summed E-state index contributed by atoms with van der Waals surface area (Å²) in [6.45, 7) is 3.95. The van der Waals surface area contributed by atoms with Crippen molar-refractivity contribution in [2.75, 3.05) is 31.9 Å². The second-order valence-electron chi connectivity index (χ2n) is 5.43. The third-order valence-electron chi connectivity index (χ3n) is 4.12. The Kier molecular flexibility index (Phi) is 3.38. The van der Waals surface area contributed by atoms with E-state index in [1.54, 1.807) is 12.3 Å². The van der Waals surface area contributed by atoms with Gasteiger partial charge in [-0.3, -0.25) is 14.7 Å². The van der Waals surface area contributed by atoms with Gasteiger partial charge in [-0.2, -0.15) is 0 Å². The summed E-state index contributed by atoms with van der Waals surface area (Å²) in [5, 5.41) is 0. The lowest BCUT2D eigenvalue weighted by Crippen LogP contribution is -2.52. The molecule has 2 N–H and O–H groups in total. The molecule has 1 unspecified atom stereocenters. The van der Waals surface area contributed by atoms with Crippen molar-refractivity contribution in [1.29, 1.82) is 0 Å². The summed E-state index contributed by atoms with van der Waals surface area (Å²) in [7, 11) is 0. The van der Waals surface area contributed by atoms with Gasteiger partial charge in [-0.1, -0.05) is 0 Å². The van der Waals surface area contributed by atoms with Crippen molar-refractivity contribution in [1.82, 2.24) is 14.8 Å². The van der Waals surface area contributed by atoms with Gasteiger partial charge in [-0.25, -0.2) is 0 Å². The van der Waals surface area contributed by atoms with Crippen molar-refractivity contribution in [3.63, 3.8) is 0 Å². The van der Waals surface area contributed by atoms with Crippen LogP contribution in [0.4, 0.5) is 5.69 Å². The van der Waals surface area contributed by atoms with Crippen LogP contribution in [-0.2, 0) is 11.2 Å². The molecule has 0 bridgehead atoms. The number of nitrogens with two attached hydrogens (primary N) is 1. The number of hydrogen-bond donors (Lipinski definition) is 1. The number of rotatable bonds is 2. The van der Waals surface area contributed by atoms with Gasteiger partial charge in [0.1, 0.15) is 0 Å². The summed E-state index contributed by atoms with van der Waals surface area (Å²) < 4.78 is 0. The average Bonchev–Trinajstić information content (AvgIpc) is 2.88. The first-order chi connectivity index (χ1) is 9.22. The predicted molar refractivity (Wildman–Crippen MR) is 73.5 cm³/mol. The topological polar surface area (TPSA) is 62.5 Å². The van der Waals surface area contributed by atoms with Crippen LogP contribution in [0.5, 0.6) is 0 Å². The summed E-state index contributed by atoms with van der Waals surface area (Å²) in [6, 6.07) is 4.21. The largest absolute Gasteiger partial charge is 0.397 e. The Morgan fingerprint density at radius 1 is 1.37 bits per heavy atom. The van der Waals surface area contributed by atoms with Crippen LogP contribution in [0.25, 0.3) is 0 Å². The number of fused-ring (bicyclic) bond motifs is 1. The zero-order valence-electron chi connectivity index (χ0n) is 11.1. The highest BCUT2D eigenvalue weighted by Gasteiger charge is 2.32. The number of anilines is 1. The fourth-order valence-electron chi connectivity index (χ4n) is 3.02. The third-order valence-corrected chi connectivity index (χ3v) is 4.12. The van der Waals surface area contributed by atoms with Crippen molar-refractivity contribution in [3.05, 3.63) is 24.0 Å². The van der Waals surface area contributed by atoms with E-state index < -0.39 is 0 Å². The summed E-state index contributed by atoms with van der Waals surface area (Å²) in [6.07, 6.45) is 4.49. The molecule has 1 amide bonds. The van der Waals surface area contributed by atoms with E-state index >= 15 is 0 Å². The van der Waals surface area contributed by atoms with Gasteiger partial charge in [0.2, 0.25) is 5.91 Å². The molecular weight excluding hydrogens is 240 g/mol. The molecule has 2 fully saturated rings. The molecule has 1 atom stereocenters. The summed E-state index contributed by atoms with van der Waals surface area (Å²) in [5.41, 5.74) is 7.03. The molecule has 2 saturated heterocycles. The lowest BCUT2D eigenvalue weighted by atomic mass is 10.1. The van der Waals surface area contributed by atoms with Gasteiger partial charge in [-0.15, -0.1) is 0 Å². The Hall–Kier alpha value is -1.62.